The SMILES string of the molecule is CCNC(=NCC1(SCC)CCOCC1)NC(C)c1cccc(Cl)c1. The molecule has 1 aromatic carbocycles. The number of thioether (sulfide) groups is 1. The van der Waals surface area contributed by atoms with Crippen LogP contribution in [0.3, 0.4) is 0 Å². The Labute approximate surface area is 161 Å². The Balaban J connectivity index is 2.06. The average Bonchev–Trinajstić information content (AvgIpc) is 2.61. The molecule has 0 saturated carbocycles. The lowest BCUT2D eigenvalue weighted by atomic mass is 9.99. The van der Waals surface area contributed by atoms with Crippen LogP contribution in [0.25, 0.3) is 0 Å². The van der Waals surface area contributed by atoms with E-state index in [0.29, 0.717) is 0 Å². The fraction of sp³-hybridized carbons (Fsp3) is 0.632. The lowest BCUT2D eigenvalue weighted by molar-refractivity contribution is 0.0793. The van der Waals surface area contributed by atoms with Gasteiger partial charge in [0.1, 0.15) is 0 Å². The first-order chi connectivity index (χ1) is 12.1. The van der Waals surface area contributed by atoms with Gasteiger partial charge in [-0.05, 0) is 50.1 Å². The third kappa shape index (κ3) is 6.39. The van der Waals surface area contributed by atoms with Crippen LogP contribution in [-0.4, -0.2) is 42.8 Å². The van der Waals surface area contributed by atoms with Crippen molar-refractivity contribution in [3.05, 3.63) is 34.9 Å². The van der Waals surface area contributed by atoms with Crippen molar-refractivity contribution >= 4 is 29.3 Å². The minimum atomic E-state index is 0.140. The summed E-state index contributed by atoms with van der Waals surface area (Å²) in [6, 6.07) is 8.10. The van der Waals surface area contributed by atoms with E-state index in [1.807, 2.05) is 30.0 Å². The summed E-state index contributed by atoms with van der Waals surface area (Å²) >= 11 is 8.13. The zero-order chi connectivity index (χ0) is 18.1. The van der Waals surface area contributed by atoms with Crippen LogP contribution >= 0.6 is 23.4 Å². The molecule has 4 nitrogen and oxygen atoms in total. The molecule has 1 aliphatic heterocycles. The van der Waals surface area contributed by atoms with Gasteiger partial charge >= 0.3 is 0 Å². The first-order valence-corrected chi connectivity index (χ1v) is 10.5. The van der Waals surface area contributed by atoms with Gasteiger partial charge in [-0.25, -0.2) is 0 Å². The number of benzene rings is 1. The molecule has 0 radical (unpaired) electrons. The molecule has 140 valence electrons. The predicted octanol–water partition coefficient (Wildman–Crippen LogP) is 4.26. The summed E-state index contributed by atoms with van der Waals surface area (Å²) < 4.78 is 5.76. The second-order valence-corrected chi connectivity index (χ2v) is 8.51. The predicted molar refractivity (Wildman–Crippen MR) is 110 cm³/mol. The summed E-state index contributed by atoms with van der Waals surface area (Å²) in [5, 5.41) is 7.62. The van der Waals surface area contributed by atoms with Gasteiger partial charge in [0.15, 0.2) is 5.96 Å². The Bertz CT molecular complexity index is 556. The first kappa shape index (κ1) is 20.4. The van der Waals surface area contributed by atoms with Crippen molar-refractivity contribution in [2.45, 2.75) is 44.4 Å². The minimum Gasteiger partial charge on any atom is -0.381 e. The van der Waals surface area contributed by atoms with Crippen LogP contribution in [0, 0.1) is 0 Å². The molecule has 0 aromatic heterocycles. The number of ether oxygens (including phenoxy) is 1. The van der Waals surface area contributed by atoms with Crippen molar-refractivity contribution in [1.29, 1.82) is 0 Å². The van der Waals surface area contributed by atoms with Crippen LogP contribution in [0.4, 0.5) is 0 Å². The minimum absolute atomic E-state index is 0.140. The first-order valence-electron chi connectivity index (χ1n) is 9.10. The maximum absolute atomic E-state index is 6.11. The van der Waals surface area contributed by atoms with E-state index in [-0.39, 0.29) is 10.8 Å². The summed E-state index contributed by atoms with van der Waals surface area (Å²) in [6.45, 7) is 9.76. The number of hydrogen-bond donors (Lipinski definition) is 2. The Morgan fingerprint density at radius 3 is 2.76 bits per heavy atom. The summed E-state index contributed by atoms with van der Waals surface area (Å²) in [5.41, 5.74) is 1.15. The van der Waals surface area contributed by atoms with Gasteiger partial charge in [0.25, 0.3) is 0 Å². The quantitative estimate of drug-likeness (QED) is 0.545. The number of nitrogens with zero attached hydrogens (tertiary/aromatic N) is 1. The van der Waals surface area contributed by atoms with Gasteiger partial charge in [-0.1, -0.05) is 30.7 Å². The van der Waals surface area contributed by atoms with Gasteiger partial charge in [0.2, 0.25) is 0 Å². The Hall–Kier alpha value is -0.910. The molecule has 1 unspecified atom stereocenters. The molecule has 1 aromatic rings. The highest BCUT2D eigenvalue weighted by molar-refractivity contribution is 8.00. The summed E-state index contributed by atoms with van der Waals surface area (Å²) in [5.74, 6) is 1.97. The zero-order valence-corrected chi connectivity index (χ0v) is 17.1. The highest BCUT2D eigenvalue weighted by atomic mass is 35.5. The molecule has 6 heteroatoms. The van der Waals surface area contributed by atoms with Crippen molar-refractivity contribution in [2.75, 3.05) is 32.1 Å². The lowest BCUT2D eigenvalue weighted by Crippen LogP contribution is -2.42. The fourth-order valence-electron chi connectivity index (χ4n) is 3.01. The standard InChI is InChI=1S/C19H30ClN3OS/c1-4-21-18(23-15(3)16-7-6-8-17(20)13-16)22-14-19(25-5-2)9-11-24-12-10-19/h6-8,13,15H,4-5,9-12,14H2,1-3H3,(H2,21,22,23). The molecule has 1 heterocycles. The van der Waals surface area contributed by atoms with E-state index in [1.165, 1.54) is 0 Å². The van der Waals surface area contributed by atoms with Gasteiger partial charge in [-0.3, -0.25) is 4.99 Å². The van der Waals surface area contributed by atoms with Crippen molar-refractivity contribution in [3.63, 3.8) is 0 Å². The van der Waals surface area contributed by atoms with Crippen molar-refractivity contribution in [3.8, 4) is 0 Å². The molecule has 1 fully saturated rings. The van der Waals surface area contributed by atoms with Gasteiger partial charge in [0.05, 0.1) is 12.6 Å². The Kier molecular flexibility index (Phi) is 8.40. The number of hydrogen-bond acceptors (Lipinski definition) is 3. The molecule has 0 bridgehead atoms. The molecule has 1 saturated heterocycles. The van der Waals surface area contributed by atoms with E-state index in [9.17, 15) is 0 Å². The smallest absolute Gasteiger partial charge is 0.191 e. The molecule has 2 rings (SSSR count). The van der Waals surface area contributed by atoms with Crippen LogP contribution in [-0.2, 0) is 4.74 Å². The van der Waals surface area contributed by atoms with Crippen molar-refractivity contribution in [2.24, 2.45) is 4.99 Å². The van der Waals surface area contributed by atoms with Crippen LogP contribution in [0.15, 0.2) is 29.3 Å². The lowest BCUT2D eigenvalue weighted by Gasteiger charge is -2.35. The molecule has 25 heavy (non-hydrogen) atoms. The second kappa shape index (κ2) is 10.3. The third-order valence-corrected chi connectivity index (χ3v) is 6.10. The van der Waals surface area contributed by atoms with E-state index < -0.39 is 0 Å². The number of rotatable bonds is 7. The maximum Gasteiger partial charge on any atom is 0.191 e. The number of halogens is 1. The van der Waals surface area contributed by atoms with Gasteiger partial charge in [0, 0.05) is 29.5 Å². The van der Waals surface area contributed by atoms with E-state index in [0.717, 1.165) is 61.4 Å². The van der Waals surface area contributed by atoms with Crippen LogP contribution < -0.4 is 10.6 Å². The number of aliphatic imine (C=N–C) groups is 1. The fourth-order valence-corrected chi connectivity index (χ4v) is 4.43. The summed E-state index contributed by atoms with van der Waals surface area (Å²) in [4.78, 5) is 4.90. The summed E-state index contributed by atoms with van der Waals surface area (Å²) in [6.07, 6.45) is 2.14. The van der Waals surface area contributed by atoms with Crippen LogP contribution in [0.5, 0.6) is 0 Å². The zero-order valence-electron chi connectivity index (χ0n) is 15.5. The Morgan fingerprint density at radius 1 is 1.36 bits per heavy atom. The molecule has 1 atom stereocenters. The van der Waals surface area contributed by atoms with Crippen molar-refractivity contribution < 1.29 is 4.74 Å². The van der Waals surface area contributed by atoms with E-state index in [1.54, 1.807) is 0 Å². The molecule has 0 spiro atoms. The van der Waals surface area contributed by atoms with Crippen molar-refractivity contribution in [1.82, 2.24) is 10.6 Å². The van der Waals surface area contributed by atoms with Gasteiger partial charge in [-0.15, -0.1) is 0 Å². The van der Waals surface area contributed by atoms with Crippen LogP contribution in [0.2, 0.25) is 5.02 Å². The molecular weight excluding hydrogens is 354 g/mol. The average molecular weight is 384 g/mol. The monoisotopic (exact) mass is 383 g/mol. The highest BCUT2D eigenvalue weighted by Gasteiger charge is 2.32. The largest absolute Gasteiger partial charge is 0.381 e. The third-order valence-electron chi connectivity index (χ3n) is 4.43. The molecule has 2 N–H and O–H groups in total. The normalized spacial score (nSPS) is 18.6. The van der Waals surface area contributed by atoms with Gasteiger partial charge in [-0.2, -0.15) is 11.8 Å². The molecule has 0 aliphatic carbocycles. The topological polar surface area (TPSA) is 45.7 Å². The molecule has 0 amide bonds. The van der Waals surface area contributed by atoms with E-state index >= 15 is 0 Å². The van der Waals surface area contributed by atoms with E-state index in [4.69, 9.17) is 21.3 Å². The highest BCUT2D eigenvalue weighted by Crippen LogP contribution is 2.35. The molecular formula is C19H30ClN3OS. The second-order valence-electron chi connectivity index (χ2n) is 6.34. The molecule has 1 aliphatic rings. The Morgan fingerprint density at radius 2 is 2.12 bits per heavy atom. The maximum atomic E-state index is 6.11. The van der Waals surface area contributed by atoms with Gasteiger partial charge < -0.3 is 15.4 Å². The van der Waals surface area contributed by atoms with Crippen LogP contribution in [0.1, 0.15) is 45.2 Å². The van der Waals surface area contributed by atoms with E-state index in [2.05, 4.69) is 37.5 Å². The number of nitrogens with one attached hydrogen (secondary N) is 2. The number of guanidine groups is 1. The summed E-state index contributed by atoms with van der Waals surface area (Å²) in [7, 11) is 0.